The zero-order chi connectivity index (χ0) is 18.1. The summed E-state index contributed by atoms with van der Waals surface area (Å²) in [5, 5.41) is 18.5. The molecule has 1 aromatic carbocycles. The topological polar surface area (TPSA) is 124 Å². The van der Waals surface area contributed by atoms with Crippen LogP contribution in [0.4, 0.5) is 0 Å². The lowest BCUT2D eigenvalue weighted by atomic mass is 10.0. The number of nitrogens with two attached hydrogens (primary N) is 1. The second kappa shape index (κ2) is 6.72. The minimum Gasteiger partial charge on any atom is -0.508 e. The van der Waals surface area contributed by atoms with Gasteiger partial charge in [0.15, 0.2) is 0 Å². The molecule has 0 aromatic heterocycles. The van der Waals surface area contributed by atoms with E-state index in [0.717, 1.165) is 5.56 Å². The minimum atomic E-state index is -1.00. The molecule has 2 aliphatic heterocycles. The van der Waals surface area contributed by atoms with Crippen molar-refractivity contribution in [1.29, 1.82) is 0 Å². The van der Waals surface area contributed by atoms with Gasteiger partial charge in [-0.1, -0.05) is 12.1 Å². The summed E-state index contributed by atoms with van der Waals surface area (Å²) in [4.78, 5) is 39.0. The largest absolute Gasteiger partial charge is 0.508 e. The van der Waals surface area contributed by atoms with Crippen molar-refractivity contribution in [1.82, 2.24) is 9.80 Å². The summed E-state index contributed by atoms with van der Waals surface area (Å²) in [5.74, 6) is -1.52. The number of phenols is 1. The van der Waals surface area contributed by atoms with Gasteiger partial charge >= 0.3 is 5.97 Å². The van der Waals surface area contributed by atoms with Gasteiger partial charge < -0.3 is 25.7 Å². The van der Waals surface area contributed by atoms with Crippen LogP contribution >= 0.6 is 0 Å². The van der Waals surface area contributed by atoms with Crippen LogP contribution in [-0.4, -0.2) is 69.0 Å². The van der Waals surface area contributed by atoms with Crippen molar-refractivity contribution in [3.63, 3.8) is 0 Å². The maximum absolute atomic E-state index is 12.6. The average molecular weight is 347 g/mol. The minimum absolute atomic E-state index is 0.137. The van der Waals surface area contributed by atoms with Gasteiger partial charge in [0.05, 0.1) is 18.6 Å². The summed E-state index contributed by atoms with van der Waals surface area (Å²) in [6, 6.07) is 4.60. The molecular weight excluding hydrogens is 326 g/mol. The van der Waals surface area contributed by atoms with Crippen molar-refractivity contribution in [3.05, 3.63) is 29.8 Å². The fourth-order valence-electron chi connectivity index (χ4n) is 3.62. The SMILES string of the molecule is NC(Cc1ccc(O)cc1)C(=O)N1CC(=O)N2C(CCC2C(=O)O)C1. The Balaban J connectivity index is 1.64. The zero-order valence-electron chi connectivity index (χ0n) is 13.7. The zero-order valence-corrected chi connectivity index (χ0v) is 13.7. The van der Waals surface area contributed by atoms with Crippen LogP contribution in [0.2, 0.25) is 0 Å². The molecule has 8 heteroatoms. The Morgan fingerprint density at radius 2 is 1.92 bits per heavy atom. The second-order valence-electron chi connectivity index (χ2n) is 6.58. The molecule has 0 saturated carbocycles. The third kappa shape index (κ3) is 3.43. The lowest BCUT2D eigenvalue weighted by Crippen LogP contribution is -2.60. The molecule has 2 amide bonds. The van der Waals surface area contributed by atoms with Crippen LogP contribution in [0.3, 0.4) is 0 Å². The first-order valence-corrected chi connectivity index (χ1v) is 8.23. The van der Waals surface area contributed by atoms with E-state index in [0.29, 0.717) is 25.8 Å². The standard InChI is InChI=1S/C17H21N3O5/c18-13(7-10-1-4-12(21)5-2-10)16(23)19-8-11-3-6-14(17(24)25)20(11)15(22)9-19/h1-2,4-5,11,13-14,21H,3,6-9,18H2,(H,24,25). The summed E-state index contributed by atoms with van der Waals surface area (Å²) in [6.07, 6.45) is 1.28. The maximum atomic E-state index is 12.6. The number of hydrogen-bond donors (Lipinski definition) is 3. The number of carboxylic acids is 1. The molecule has 2 aliphatic rings. The van der Waals surface area contributed by atoms with Gasteiger partial charge in [-0.2, -0.15) is 0 Å². The van der Waals surface area contributed by atoms with Gasteiger partial charge in [-0.15, -0.1) is 0 Å². The summed E-state index contributed by atoms with van der Waals surface area (Å²) in [5.41, 5.74) is 6.82. The predicted octanol–water partition coefficient (Wildman–Crippen LogP) is -0.452. The highest BCUT2D eigenvalue weighted by molar-refractivity contribution is 5.91. The van der Waals surface area contributed by atoms with Crippen LogP contribution in [0.25, 0.3) is 0 Å². The number of rotatable bonds is 4. The van der Waals surface area contributed by atoms with Crippen molar-refractivity contribution in [2.45, 2.75) is 37.4 Å². The van der Waals surface area contributed by atoms with Crippen molar-refractivity contribution >= 4 is 17.8 Å². The van der Waals surface area contributed by atoms with E-state index >= 15 is 0 Å². The molecule has 3 unspecified atom stereocenters. The highest BCUT2D eigenvalue weighted by atomic mass is 16.4. The molecule has 1 aromatic rings. The van der Waals surface area contributed by atoms with E-state index < -0.39 is 18.1 Å². The third-order valence-electron chi connectivity index (χ3n) is 4.85. The fourth-order valence-corrected chi connectivity index (χ4v) is 3.62. The Bertz CT molecular complexity index is 690. The number of benzene rings is 1. The molecule has 0 aliphatic carbocycles. The summed E-state index contributed by atoms with van der Waals surface area (Å²) in [7, 11) is 0. The van der Waals surface area contributed by atoms with Crippen LogP contribution in [0.15, 0.2) is 24.3 Å². The van der Waals surface area contributed by atoms with Crippen LogP contribution in [-0.2, 0) is 20.8 Å². The number of carbonyl (C=O) groups excluding carboxylic acids is 2. The number of carboxylic acid groups (broad SMARTS) is 1. The molecule has 25 heavy (non-hydrogen) atoms. The molecule has 134 valence electrons. The number of fused-ring (bicyclic) bond motifs is 1. The van der Waals surface area contributed by atoms with E-state index in [1.165, 1.54) is 21.9 Å². The number of nitrogens with zero attached hydrogens (tertiary/aromatic N) is 2. The van der Waals surface area contributed by atoms with E-state index in [9.17, 15) is 24.6 Å². The van der Waals surface area contributed by atoms with Crippen molar-refractivity contribution in [2.75, 3.05) is 13.1 Å². The monoisotopic (exact) mass is 347 g/mol. The number of hydrogen-bond acceptors (Lipinski definition) is 5. The van der Waals surface area contributed by atoms with E-state index in [1.807, 2.05) is 0 Å². The van der Waals surface area contributed by atoms with Gasteiger partial charge in [-0.05, 0) is 37.0 Å². The van der Waals surface area contributed by atoms with Gasteiger partial charge in [0.25, 0.3) is 0 Å². The fraction of sp³-hybridized carbons (Fsp3) is 0.471. The first-order chi connectivity index (χ1) is 11.9. The molecule has 4 N–H and O–H groups in total. The van der Waals surface area contributed by atoms with Crippen molar-refractivity contribution in [2.24, 2.45) is 5.73 Å². The van der Waals surface area contributed by atoms with Crippen LogP contribution in [0.5, 0.6) is 5.75 Å². The number of piperazine rings is 1. The Kier molecular flexibility index (Phi) is 4.63. The summed E-state index contributed by atoms with van der Waals surface area (Å²) in [6.45, 7) is 0.181. The number of aromatic hydroxyl groups is 1. The normalized spacial score (nSPS) is 24.1. The molecule has 3 rings (SSSR count). The van der Waals surface area contributed by atoms with E-state index in [-0.39, 0.29) is 30.2 Å². The first kappa shape index (κ1) is 17.2. The van der Waals surface area contributed by atoms with Crippen LogP contribution < -0.4 is 5.73 Å². The second-order valence-corrected chi connectivity index (χ2v) is 6.58. The predicted molar refractivity (Wildman–Crippen MR) is 87.7 cm³/mol. The summed E-state index contributed by atoms with van der Waals surface area (Å²) < 4.78 is 0. The third-order valence-corrected chi connectivity index (χ3v) is 4.85. The van der Waals surface area contributed by atoms with E-state index in [1.54, 1.807) is 12.1 Å². The molecular formula is C17H21N3O5. The lowest BCUT2D eigenvalue weighted by Gasteiger charge is -2.39. The van der Waals surface area contributed by atoms with Crippen LogP contribution in [0, 0.1) is 0 Å². The molecule has 0 bridgehead atoms. The van der Waals surface area contributed by atoms with E-state index in [2.05, 4.69) is 0 Å². The van der Waals surface area contributed by atoms with Gasteiger partial charge in [0.1, 0.15) is 11.8 Å². The van der Waals surface area contributed by atoms with Gasteiger partial charge in [-0.3, -0.25) is 9.59 Å². The van der Waals surface area contributed by atoms with E-state index in [4.69, 9.17) is 5.73 Å². The van der Waals surface area contributed by atoms with Gasteiger partial charge in [-0.25, -0.2) is 4.79 Å². The molecule has 2 fully saturated rings. The molecule has 0 spiro atoms. The maximum Gasteiger partial charge on any atom is 0.326 e. The molecule has 0 radical (unpaired) electrons. The van der Waals surface area contributed by atoms with Gasteiger partial charge in [0.2, 0.25) is 11.8 Å². The summed E-state index contributed by atoms with van der Waals surface area (Å²) >= 11 is 0. The number of phenolic OH excluding ortho intramolecular Hbond substituents is 1. The smallest absolute Gasteiger partial charge is 0.326 e. The molecule has 2 heterocycles. The Labute approximate surface area is 144 Å². The molecule has 2 saturated heterocycles. The number of amides is 2. The van der Waals surface area contributed by atoms with Crippen molar-refractivity contribution in [3.8, 4) is 5.75 Å². The average Bonchev–Trinajstić information content (AvgIpc) is 3.01. The first-order valence-electron chi connectivity index (χ1n) is 8.23. The highest BCUT2D eigenvalue weighted by Crippen LogP contribution is 2.28. The lowest BCUT2D eigenvalue weighted by molar-refractivity contribution is -0.156. The van der Waals surface area contributed by atoms with Gasteiger partial charge in [0, 0.05) is 6.54 Å². The highest BCUT2D eigenvalue weighted by Gasteiger charge is 2.45. The number of carbonyl (C=O) groups is 3. The molecule has 3 atom stereocenters. The van der Waals surface area contributed by atoms with Crippen LogP contribution in [0.1, 0.15) is 18.4 Å². The molecule has 8 nitrogen and oxygen atoms in total. The Morgan fingerprint density at radius 1 is 1.24 bits per heavy atom. The van der Waals surface area contributed by atoms with Crippen molar-refractivity contribution < 1.29 is 24.6 Å². The Morgan fingerprint density at radius 3 is 2.56 bits per heavy atom. The number of aliphatic carboxylic acids is 1. The quantitative estimate of drug-likeness (QED) is 0.677. The Hall–Kier alpha value is -2.61.